The van der Waals surface area contributed by atoms with Gasteiger partial charge in [-0.05, 0) is 95.8 Å². The van der Waals surface area contributed by atoms with Gasteiger partial charge >= 0.3 is 6.18 Å². The molecular weight excluding hydrogens is 762 g/mol. The van der Waals surface area contributed by atoms with Crippen molar-refractivity contribution < 1.29 is 13.2 Å². The van der Waals surface area contributed by atoms with Crippen LogP contribution in [0.25, 0.3) is 95.0 Å². The molecule has 0 atom stereocenters. The van der Waals surface area contributed by atoms with Gasteiger partial charge < -0.3 is 4.57 Å². The molecule has 10 rings (SSSR count). The second kappa shape index (κ2) is 15.2. The molecule has 0 amide bonds. The largest absolute Gasteiger partial charge is 0.417 e. The molecule has 0 N–H and O–H groups in total. The topological polar surface area (TPSA) is 43.6 Å². The highest BCUT2D eigenvalue weighted by molar-refractivity contribution is 6.12. The highest BCUT2D eigenvalue weighted by Crippen LogP contribution is 2.43. The molecule has 0 bridgehead atoms. The van der Waals surface area contributed by atoms with Crippen molar-refractivity contribution in [3.05, 3.63) is 205 Å². The molecule has 0 aliphatic rings. The predicted octanol–water partition coefficient (Wildman–Crippen LogP) is 14.6. The SMILES string of the molecule is Cc1cccc(-c2ccc3c(c2)c2cc(-c4cccc(C)c4)ccc2n3-c2ccc(-c3nc(-c4ccccc4)nc(-c4ccccc4)n3)c(-c3ccccc3C(F)(F)F)c2)c1. The minimum Gasteiger partial charge on any atom is -0.309 e. The van der Waals surface area contributed by atoms with Crippen LogP contribution in [0.3, 0.4) is 0 Å². The first-order chi connectivity index (χ1) is 29.7. The molecule has 0 unspecified atom stereocenters. The van der Waals surface area contributed by atoms with Gasteiger partial charge in [-0.3, -0.25) is 0 Å². The standard InChI is InChI=1S/C54H37F3N4/c1-34-13-11-19-38(29-34)40-23-27-49-46(31-40)47-32-41(39-20-12-14-35(2)30-39)24-28-50(47)61(49)42-25-26-44(45(33-42)43-21-9-10-22-48(43)54(55,56)57)53-59-51(36-15-5-3-6-16-36)58-52(60-53)37-17-7-4-8-18-37/h3-33H,1-2H3. The molecule has 0 aliphatic carbocycles. The van der Waals surface area contributed by atoms with Gasteiger partial charge in [-0.2, -0.15) is 13.2 Å². The lowest BCUT2D eigenvalue weighted by Crippen LogP contribution is -2.08. The fourth-order valence-corrected chi connectivity index (χ4v) is 8.29. The van der Waals surface area contributed by atoms with Crippen LogP contribution in [0, 0.1) is 13.8 Å². The Bertz CT molecular complexity index is 3100. The predicted molar refractivity (Wildman–Crippen MR) is 241 cm³/mol. The highest BCUT2D eigenvalue weighted by Gasteiger charge is 2.34. The summed E-state index contributed by atoms with van der Waals surface area (Å²) in [5.74, 6) is 1.10. The Morgan fingerprint density at radius 3 is 1.38 bits per heavy atom. The fourth-order valence-electron chi connectivity index (χ4n) is 8.29. The third kappa shape index (κ3) is 7.14. The summed E-state index contributed by atoms with van der Waals surface area (Å²) in [7, 11) is 0. The number of alkyl halides is 3. The summed E-state index contributed by atoms with van der Waals surface area (Å²) >= 11 is 0. The summed E-state index contributed by atoms with van der Waals surface area (Å²) in [4.78, 5) is 14.7. The first-order valence-electron chi connectivity index (χ1n) is 20.1. The average Bonchev–Trinajstić information content (AvgIpc) is 3.62. The van der Waals surface area contributed by atoms with Crippen molar-refractivity contribution in [2.24, 2.45) is 0 Å². The molecular formula is C54H37F3N4. The highest BCUT2D eigenvalue weighted by atomic mass is 19.4. The quantitative estimate of drug-likeness (QED) is 0.161. The van der Waals surface area contributed by atoms with E-state index in [4.69, 9.17) is 15.0 Å². The van der Waals surface area contributed by atoms with Crippen molar-refractivity contribution >= 4 is 21.8 Å². The Balaban J connectivity index is 1.25. The first kappa shape index (κ1) is 37.6. The zero-order chi connectivity index (χ0) is 41.7. The van der Waals surface area contributed by atoms with Gasteiger partial charge in [-0.1, -0.05) is 151 Å². The van der Waals surface area contributed by atoms with Crippen LogP contribution in [0.5, 0.6) is 0 Å². The van der Waals surface area contributed by atoms with E-state index in [1.807, 2.05) is 78.9 Å². The van der Waals surface area contributed by atoms with Crippen LogP contribution in [0.4, 0.5) is 13.2 Å². The maximum absolute atomic E-state index is 15.0. The summed E-state index contributed by atoms with van der Waals surface area (Å²) in [6.45, 7) is 4.17. The number of aromatic nitrogens is 4. The third-order valence-corrected chi connectivity index (χ3v) is 11.2. The Morgan fingerprint density at radius 2 is 0.852 bits per heavy atom. The van der Waals surface area contributed by atoms with Crippen molar-refractivity contribution in [1.82, 2.24) is 19.5 Å². The molecule has 0 saturated heterocycles. The van der Waals surface area contributed by atoms with Crippen molar-refractivity contribution in [1.29, 1.82) is 0 Å². The van der Waals surface area contributed by atoms with Crippen LogP contribution in [0.2, 0.25) is 0 Å². The van der Waals surface area contributed by atoms with Crippen molar-refractivity contribution in [3.8, 4) is 73.2 Å². The van der Waals surface area contributed by atoms with E-state index >= 15 is 0 Å². The van der Waals surface area contributed by atoms with Crippen molar-refractivity contribution in [2.75, 3.05) is 0 Å². The van der Waals surface area contributed by atoms with Gasteiger partial charge in [0.15, 0.2) is 17.5 Å². The fraction of sp³-hybridized carbons (Fsp3) is 0.0556. The zero-order valence-corrected chi connectivity index (χ0v) is 33.3. The number of hydrogen-bond acceptors (Lipinski definition) is 3. The van der Waals surface area contributed by atoms with Gasteiger partial charge in [0.2, 0.25) is 0 Å². The van der Waals surface area contributed by atoms with E-state index in [-0.39, 0.29) is 11.4 Å². The number of fused-ring (bicyclic) bond motifs is 3. The second-order valence-corrected chi connectivity index (χ2v) is 15.3. The number of hydrogen-bond donors (Lipinski definition) is 0. The van der Waals surface area contributed by atoms with Gasteiger partial charge in [-0.15, -0.1) is 0 Å². The first-order valence-corrected chi connectivity index (χ1v) is 20.1. The summed E-state index contributed by atoms with van der Waals surface area (Å²) in [6.07, 6.45) is -4.63. The Morgan fingerprint density at radius 1 is 0.377 bits per heavy atom. The van der Waals surface area contributed by atoms with E-state index in [0.717, 1.165) is 61.3 Å². The van der Waals surface area contributed by atoms with Gasteiger partial charge in [0.05, 0.1) is 16.6 Å². The summed E-state index contributed by atoms with van der Waals surface area (Å²) in [5, 5.41) is 2.06. The Labute approximate surface area is 351 Å². The molecule has 0 fully saturated rings. The molecule has 10 aromatic rings. The molecule has 61 heavy (non-hydrogen) atoms. The number of aryl methyl sites for hydroxylation is 2. The number of nitrogens with zero attached hydrogens (tertiary/aromatic N) is 4. The Hall–Kier alpha value is -7.64. The number of benzene rings is 8. The van der Waals surface area contributed by atoms with Gasteiger partial charge in [0.1, 0.15) is 0 Å². The molecule has 294 valence electrons. The molecule has 0 radical (unpaired) electrons. The van der Waals surface area contributed by atoms with E-state index in [0.29, 0.717) is 28.5 Å². The average molecular weight is 799 g/mol. The third-order valence-electron chi connectivity index (χ3n) is 11.2. The molecule has 2 aromatic heterocycles. The minimum atomic E-state index is -4.63. The lowest BCUT2D eigenvalue weighted by molar-refractivity contribution is -0.137. The molecule has 0 spiro atoms. The van der Waals surface area contributed by atoms with Crippen LogP contribution >= 0.6 is 0 Å². The maximum atomic E-state index is 15.0. The van der Waals surface area contributed by atoms with Crippen LogP contribution in [0.15, 0.2) is 188 Å². The maximum Gasteiger partial charge on any atom is 0.417 e. The molecule has 4 nitrogen and oxygen atoms in total. The smallest absolute Gasteiger partial charge is 0.309 e. The lowest BCUT2D eigenvalue weighted by Gasteiger charge is -2.18. The van der Waals surface area contributed by atoms with Crippen LogP contribution in [-0.4, -0.2) is 19.5 Å². The zero-order valence-electron chi connectivity index (χ0n) is 33.3. The Kier molecular flexibility index (Phi) is 9.37. The van der Waals surface area contributed by atoms with E-state index in [1.165, 1.54) is 23.3 Å². The van der Waals surface area contributed by atoms with E-state index in [1.54, 1.807) is 6.07 Å². The van der Waals surface area contributed by atoms with Crippen LogP contribution in [-0.2, 0) is 6.18 Å². The van der Waals surface area contributed by atoms with Crippen LogP contribution in [0.1, 0.15) is 16.7 Å². The molecule has 0 saturated carbocycles. The van der Waals surface area contributed by atoms with Gasteiger partial charge in [0, 0.05) is 33.2 Å². The lowest BCUT2D eigenvalue weighted by atomic mass is 9.93. The van der Waals surface area contributed by atoms with E-state index in [2.05, 4.69) is 103 Å². The van der Waals surface area contributed by atoms with Gasteiger partial charge in [0.25, 0.3) is 0 Å². The molecule has 8 aromatic carbocycles. The summed E-state index contributed by atoms with van der Waals surface area (Å²) in [5.41, 5.74) is 10.8. The van der Waals surface area contributed by atoms with E-state index in [9.17, 15) is 13.2 Å². The van der Waals surface area contributed by atoms with Crippen molar-refractivity contribution in [3.63, 3.8) is 0 Å². The van der Waals surface area contributed by atoms with E-state index < -0.39 is 11.7 Å². The second-order valence-electron chi connectivity index (χ2n) is 15.3. The minimum absolute atomic E-state index is 0.0269. The number of rotatable bonds is 7. The number of halogens is 3. The van der Waals surface area contributed by atoms with Gasteiger partial charge in [-0.25, -0.2) is 15.0 Å². The normalized spacial score (nSPS) is 11.7. The van der Waals surface area contributed by atoms with Crippen LogP contribution < -0.4 is 0 Å². The molecule has 7 heteroatoms. The molecule has 0 aliphatic heterocycles. The molecule has 2 heterocycles. The summed E-state index contributed by atoms with van der Waals surface area (Å²) < 4.78 is 47.1. The summed E-state index contributed by atoms with van der Waals surface area (Å²) in [6, 6.07) is 60.2. The van der Waals surface area contributed by atoms with Crippen molar-refractivity contribution in [2.45, 2.75) is 20.0 Å². The monoisotopic (exact) mass is 798 g/mol.